The van der Waals surface area contributed by atoms with Crippen LogP contribution < -0.4 is 11.1 Å². The summed E-state index contributed by atoms with van der Waals surface area (Å²) in [4.78, 5) is 12.0. The van der Waals surface area contributed by atoms with Gasteiger partial charge in [0, 0.05) is 6.42 Å². The number of amides is 1. The molecule has 19 heavy (non-hydrogen) atoms. The van der Waals surface area contributed by atoms with Crippen molar-refractivity contribution in [1.29, 1.82) is 0 Å². The van der Waals surface area contributed by atoms with Gasteiger partial charge in [0.2, 0.25) is 5.91 Å². The van der Waals surface area contributed by atoms with Crippen molar-refractivity contribution in [3.05, 3.63) is 28.8 Å². The van der Waals surface area contributed by atoms with Gasteiger partial charge in [-0.2, -0.15) is 0 Å². The third kappa shape index (κ3) is 5.62. The smallest absolute Gasteiger partial charge is 0.224 e. The van der Waals surface area contributed by atoms with Crippen molar-refractivity contribution < 1.29 is 4.79 Å². The molecule has 0 spiro atoms. The van der Waals surface area contributed by atoms with Gasteiger partial charge in [-0.25, -0.2) is 0 Å². The van der Waals surface area contributed by atoms with Gasteiger partial charge >= 0.3 is 0 Å². The average molecular weight is 283 g/mol. The Balaban J connectivity index is 2.59. The summed E-state index contributed by atoms with van der Waals surface area (Å²) >= 11 is 6.09. The van der Waals surface area contributed by atoms with Crippen LogP contribution in [0.3, 0.4) is 0 Å². The molecule has 3 nitrogen and oxygen atoms in total. The number of aryl methyl sites for hydroxylation is 1. The molecular weight excluding hydrogens is 260 g/mol. The van der Waals surface area contributed by atoms with Crippen LogP contribution in [0.2, 0.25) is 5.02 Å². The Hall–Kier alpha value is -1.06. The molecule has 0 saturated heterocycles. The first kappa shape index (κ1) is 16.0. The Bertz CT molecular complexity index is 432. The SMILES string of the molecule is Cc1ccc(NC(=O)CC(CN)CC(C)C)c(Cl)c1. The van der Waals surface area contributed by atoms with Gasteiger partial charge in [0.15, 0.2) is 0 Å². The molecule has 1 unspecified atom stereocenters. The summed E-state index contributed by atoms with van der Waals surface area (Å²) in [6.45, 7) is 6.77. The summed E-state index contributed by atoms with van der Waals surface area (Å²) in [6, 6.07) is 5.59. The molecule has 0 radical (unpaired) electrons. The van der Waals surface area contributed by atoms with E-state index in [1.165, 1.54) is 0 Å². The lowest BCUT2D eigenvalue weighted by atomic mass is 9.94. The summed E-state index contributed by atoms with van der Waals surface area (Å²) < 4.78 is 0. The van der Waals surface area contributed by atoms with E-state index in [0.717, 1.165) is 12.0 Å². The van der Waals surface area contributed by atoms with E-state index >= 15 is 0 Å². The minimum atomic E-state index is -0.0261. The number of carbonyl (C=O) groups excluding carboxylic acids is 1. The van der Waals surface area contributed by atoms with E-state index in [-0.39, 0.29) is 11.8 Å². The molecular formula is C15H23ClN2O. The number of nitrogens with two attached hydrogens (primary N) is 1. The van der Waals surface area contributed by atoms with E-state index in [4.69, 9.17) is 17.3 Å². The minimum Gasteiger partial charge on any atom is -0.330 e. The molecule has 1 rings (SSSR count). The van der Waals surface area contributed by atoms with Gasteiger partial charge < -0.3 is 11.1 Å². The zero-order valence-corrected chi connectivity index (χ0v) is 12.6. The van der Waals surface area contributed by atoms with Crippen LogP contribution in [0, 0.1) is 18.8 Å². The first-order valence-corrected chi connectivity index (χ1v) is 7.06. The highest BCUT2D eigenvalue weighted by atomic mass is 35.5. The van der Waals surface area contributed by atoms with Crippen molar-refractivity contribution in [3.8, 4) is 0 Å². The lowest BCUT2D eigenvalue weighted by Gasteiger charge is -2.17. The number of halogens is 1. The quantitative estimate of drug-likeness (QED) is 0.838. The van der Waals surface area contributed by atoms with Crippen LogP contribution in [-0.4, -0.2) is 12.5 Å². The van der Waals surface area contributed by atoms with Gasteiger partial charge in [0.1, 0.15) is 0 Å². The molecule has 0 fully saturated rings. The molecule has 106 valence electrons. The number of anilines is 1. The van der Waals surface area contributed by atoms with Crippen molar-refractivity contribution in [3.63, 3.8) is 0 Å². The number of hydrogen-bond donors (Lipinski definition) is 2. The second-order valence-corrected chi connectivity index (χ2v) is 5.87. The first-order valence-electron chi connectivity index (χ1n) is 6.68. The van der Waals surface area contributed by atoms with Gasteiger partial charge in [-0.05, 0) is 49.4 Å². The zero-order chi connectivity index (χ0) is 14.4. The molecule has 0 aliphatic carbocycles. The van der Waals surface area contributed by atoms with Crippen molar-refractivity contribution in [2.45, 2.75) is 33.6 Å². The molecule has 3 N–H and O–H groups in total. The van der Waals surface area contributed by atoms with E-state index < -0.39 is 0 Å². The van der Waals surface area contributed by atoms with Crippen LogP contribution >= 0.6 is 11.6 Å². The second kappa shape index (κ2) is 7.51. The maximum atomic E-state index is 12.0. The molecule has 0 saturated carbocycles. The lowest BCUT2D eigenvalue weighted by Crippen LogP contribution is -2.23. The Labute approximate surface area is 120 Å². The Morgan fingerprint density at radius 2 is 2.11 bits per heavy atom. The average Bonchev–Trinajstić information content (AvgIpc) is 2.31. The number of nitrogens with one attached hydrogen (secondary N) is 1. The summed E-state index contributed by atoms with van der Waals surface area (Å²) in [5.41, 5.74) is 7.44. The molecule has 0 aliphatic heterocycles. The fourth-order valence-corrected chi connectivity index (χ4v) is 2.40. The highest BCUT2D eigenvalue weighted by molar-refractivity contribution is 6.33. The molecule has 0 bridgehead atoms. The number of carbonyl (C=O) groups is 1. The van der Waals surface area contributed by atoms with Crippen molar-refractivity contribution in [2.24, 2.45) is 17.6 Å². The third-order valence-electron chi connectivity index (χ3n) is 3.01. The fourth-order valence-electron chi connectivity index (χ4n) is 2.11. The van der Waals surface area contributed by atoms with Gasteiger partial charge in [-0.3, -0.25) is 4.79 Å². The lowest BCUT2D eigenvalue weighted by molar-refractivity contribution is -0.117. The van der Waals surface area contributed by atoms with Crippen LogP contribution in [0.25, 0.3) is 0 Å². The molecule has 4 heteroatoms. The molecule has 1 atom stereocenters. The predicted molar refractivity (Wildman–Crippen MR) is 81.4 cm³/mol. The maximum Gasteiger partial charge on any atom is 0.224 e. The molecule has 1 aromatic rings. The van der Waals surface area contributed by atoms with Crippen molar-refractivity contribution >= 4 is 23.2 Å². The minimum absolute atomic E-state index is 0.0261. The highest BCUT2D eigenvalue weighted by Gasteiger charge is 2.15. The van der Waals surface area contributed by atoms with Gasteiger partial charge in [-0.15, -0.1) is 0 Å². The van der Waals surface area contributed by atoms with E-state index in [2.05, 4.69) is 19.2 Å². The molecule has 0 heterocycles. The Morgan fingerprint density at radius 3 is 2.63 bits per heavy atom. The predicted octanol–water partition coefficient (Wildman–Crippen LogP) is 3.60. The maximum absolute atomic E-state index is 12.0. The van der Waals surface area contributed by atoms with Crippen LogP contribution in [0.15, 0.2) is 18.2 Å². The van der Waals surface area contributed by atoms with E-state index in [0.29, 0.717) is 29.6 Å². The number of hydrogen-bond acceptors (Lipinski definition) is 2. The third-order valence-corrected chi connectivity index (χ3v) is 3.32. The summed E-state index contributed by atoms with van der Waals surface area (Å²) in [6.07, 6.45) is 1.41. The monoisotopic (exact) mass is 282 g/mol. The van der Waals surface area contributed by atoms with Crippen molar-refractivity contribution in [2.75, 3.05) is 11.9 Å². The number of benzene rings is 1. The number of rotatable bonds is 6. The molecule has 1 amide bonds. The zero-order valence-electron chi connectivity index (χ0n) is 11.9. The summed E-state index contributed by atoms with van der Waals surface area (Å²) in [7, 11) is 0. The van der Waals surface area contributed by atoms with Crippen molar-refractivity contribution in [1.82, 2.24) is 0 Å². The summed E-state index contributed by atoms with van der Waals surface area (Å²) in [5, 5.41) is 3.42. The Kier molecular flexibility index (Phi) is 6.32. The topological polar surface area (TPSA) is 55.1 Å². The fraction of sp³-hybridized carbons (Fsp3) is 0.533. The van der Waals surface area contributed by atoms with Gasteiger partial charge in [-0.1, -0.05) is 31.5 Å². The molecule has 0 aromatic heterocycles. The summed E-state index contributed by atoms with van der Waals surface area (Å²) in [5.74, 6) is 0.746. The van der Waals surface area contributed by atoms with Gasteiger partial charge in [0.25, 0.3) is 0 Å². The first-order chi connectivity index (χ1) is 8.92. The van der Waals surface area contributed by atoms with Crippen LogP contribution in [0.1, 0.15) is 32.3 Å². The highest BCUT2D eigenvalue weighted by Crippen LogP contribution is 2.23. The van der Waals surface area contributed by atoms with Crippen LogP contribution in [0.5, 0.6) is 0 Å². The Morgan fingerprint density at radius 1 is 1.42 bits per heavy atom. The van der Waals surface area contributed by atoms with E-state index in [9.17, 15) is 4.79 Å². The standard InChI is InChI=1S/C15H23ClN2O/c1-10(2)6-12(9-17)8-15(19)18-14-5-4-11(3)7-13(14)16/h4-5,7,10,12H,6,8-9,17H2,1-3H3,(H,18,19). The normalized spacial score (nSPS) is 12.5. The van der Waals surface area contributed by atoms with Crippen LogP contribution in [-0.2, 0) is 4.79 Å². The molecule has 1 aromatic carbocycles. The second-order valence-electron chi connectivity index (χ2n) is 5.47. The van der Waals surface area contributed by atoms with E-state index in [1.807, 2.05) is 25.1 Å². The molecule has 0 aliphatic rings. The van der Waals surface area contributed by atoms with E-state index in [1.54, 1.807) is 0 Å². The van der Waals surface area contributed by atoms with Gasteiger partial charge in [0.05, 0.1) is 10.7 Å². The van der Waals surface area contributed by atoms with Crippen LogP contribution in [0.4, 0.5) is 5.69 Å². The largest absolute Gasteiger partial charge is 0.330 e.